The van der Waals surface area contributed by atoms with Gasteiger partial charge in [-0.1, -0.05) is 22.4 Å². The van der Waals surface area contributed by atoms with Crippen molar-refractivity contribution in [2.45, 2.75) is 38.1 Å². The molecule has 2 aliphatic rings. The van der Waals surface area contributed by atoms with Crippen molar-refractivity contribution in [3.8, 4) is 0 Å². The van der Waals surface area contributed by atoms with E-state index < -0.39 is 10.0 Å². The summed E-state index contributed by atoms with van der Waals surface area (Å²) in [6.07, 6.45) is 5.47. The summed E-state index contributed by atoms with van der Waals surface area (Å²) in [4.78, 5) is 0. The van der Waals surface area contributed by atoms with E-state index in [0.29, 0.717) is 17.6 Å². The van der Waals surface area contributed by atoms with Crippen LogP contribution >= 0.6 is 15.9 Å². The van der Waals surface area contributed by atoms with Gasteiger partial charge in [0.15, 0.2) is 0 Å². The topological polar surface area (TPSA) is 46.2 Å². The molecule has 3 nitrogen and oxygen atoms in total. The lowest BCUT2D eigenvalue weighted by Crippen LogP contribution is -2.39. The van der Waals surface area contributed by atoms with Crippen LogP contribution in [0.15, 0.2) is 0 Å². The van der Waals surface area contributed by atoms with Gasteiger partial charge in [-0.25, -0.2) is 13.1 Å². The van der Waals surface area contributed by atoms with Gasteiger partial charge >= 0.3 is 0 Å². The smallest absolute Gasteiger partial charge is 0.212 e. The number of halogens is 1. The second-order valence-electron chi connectivity index (χ2n) is 4.79. The summed E-state index contributed by atoms with van der Waals surface area (Å²) in [5.74, 6) is 1.27. The Labute approximate surface area is 100 Å². The lowest BCUT2D eigenvalue weighted by Gasteiger charge is -2.18. The zero-order valence-electron chi connectivity index (χ0n) is 8.78. The van der Waals surface area contributed by atoms with Crippen LogP contribution < -0.4 is 4.72 Å². The van der Waals surface area contributed by atoms with Gasteiger partial charge in [-0.2, -0.15) is 0 Å². The first-order valence-corrected chi connectivity index (χ1v) is 8.44. The molecule has 0 spiro atoms. The molecule has 0 heterocycles. The van der Waals surface area contributed by atoms with Crippen LogP contribution in [0.4, 0.5) is 0 Å². The normalized spacial score (nSPS) is 32.1. The molecule has 2 saturated carbocycles. The van der Waals surface area contributed by atoms with Crippen molar-refractivity contribution in [1.82, 2.24) is 4.72 Å². The number of hydrogen-bond donors (Lipinski definition) is 1. The van der Waals surface area contributed by atoms with Gasteiger partial charge in [-0.3, -0.25) is 0 Å². The highest BCUT2D eigenvalue weighted by atomic mass is 79.9. The monoisotopic (exact) mass is 295 g/mol. The maximum atomic E-state index is 11.8. The SMILES string of the molecule is O=S(=O)(CC1CC1)NC1CCCC1CBr. The standard InChI is InChI=1S/C10H18BrNO2S/c11-6-9-2-1-3-10(9)12-15(13,14)7-8-4-5-8/h8-10,12H,1-7H2. The summed E-state index contributed by atoms with van der Waals surface area (Å²) < 4.78 is 26.4. The second kappa shape index (κ2) is 4.72. The number of sulfonamides is 1. The molecule has 2 rings (SSSR count). The fraction of sp³-hybridized carbons (Fsp3) is 1.00. The van der Waals surface area contributed by atoms with E-state index in [0.717, 1.165) is 37.4 Å². The minimum absolute atomic E-state index is 0.174. The molecule has 2 unspecified atom stereocenters. The van der Waals surface area contributed by atoms with Crippen molar-refractivity contribution in [2.24, 2.45) is 11.8 Å². The first kappa shape index (κ1) is 11.9. The molecule has 0 bridgehead atoms. The van der Waals surface area contributed by atoms with Crippen molar-refractivity contribution < 1.29 is 8.42 Å². The van der Waals surface area contributed by atoms with Crippen molar-refractivity contribution >= 4 is 26.0 Å². The van der Waals surface area contributed by atoms with Gasteiger partial charge < -0.3 is 0 Å². The summed E-state index contributed by atoms with van der Waals surface area (Å²) in [5.41, 5.74) is 0. The first-order chi connectivity index (χ1) is 7.11. The molecule has 5 heteroatoms. The summed E-state index contributed by atoms with van der Waals surface area (Å²) in [6.45, 7) is 0. The maximum Gasteiger partial charge on any atom is 0.212 e. The Balaban J connectivity index is 1.88. The molecule has 88 valence electrons. The predicted molar refractivity (Wildman–Crippen MR) is 64.6 cm³/mol. The molecule has 2 aliphatic carbocycles. The number of alkyl halides is 1. The Morgan fingerprint density at radius 3 is 2.53 bits per heavy atom. The molecule has 2 fully saturated rings. The lowest BCUT2D eigenvalue weighted by molar-refractivity contribution is 0.483. The third-order valence-electron chi connectivity index (χ3n) is 3.34. The van der Waals surface area contributed by atoms with Crippen molar-refractivity contribution in [2.75, 3.05) is 11.1 Å². The minimum atomic E-state index is -3.02. The fourth-order valence-corrected chi connectivity index (χ4v) is 4.85. The van der Waals surface area contributed by atoms with E-state index >= 15 is 0 Å². The number of rotatable bonds is 5. The van der Waals surface area contributed by atoms with Crippen molar-refractivity contribution in [3.05, 3.63) is 0 Å². The molecule has 0 aromatic carbocycles. The highest BCUT2D eigenvalue weighted by Gasteiger charge is 2.33. The molecule has 2 atom stereocenters. The van der Waals surface area contributed by atoms with Gasteiger partial charge in [0.25, 0.3) is 0 Å². The van der Waals surface area contributed by atoms with Gasteiger partial charge in [-0.05, 0) is 37.5 Å². The van der Waals surface area contributed by atoms with Crippen LogP contribution in [0.25, 0.3) is 0 Å². The van der Waals surface area contributed by atoms with Crippen LogP contribution in [0.3, 0.4) is 0 Å². The Hall–Kier alpha value is 0.390. The van der Waals surface area contributed by atoms with E-state index in [-0.39, 0.29) is 6.04 Å². The van der Waals surface area contributed by atoms with Crippen LogP contribution in [0.5, 0.6) is 0 Å². The quantitative estimate of drug-likeness (QED) is 0.787. The molecule has 0 aromatic heterocycles. The first-order valence-electron chi connectivity index (χ1n) is 5.66. The van der Waals surface area contributed by atoms with E-state index in [9.17, 15) is 8.42 Å². The van der Waals surface area contributed by atoms with Crippen LogP contribution in [0.2, 0.25) is 0 Å². The third kappa shape index (κ3) is 3.43. The highest BCUT2D eigenvalue weighted by Crippen LogP contribution is 2.31. The summed E-state index contributed by atoms with van der Waals surface area (Å²) >= 11 is 3.45. The second-order valence-corrected chi connectivity index (χ2v) is 7.24. The van der Waals surface area contributed by atoms with E-state index in [1.165, 1.54) is 0 Å². The molecular weight excluding hydrogens is 278 g/mol. The molecule has 0 aromatic rings. The fourth-order valence-electron chi connectivity index (χ4n) is 2.25. The highest BCUT2D eigenvalue weighted by molar-refractivity contribution is 9.09. The van der Waals surface area contributed by atoms with Crippen LogP contribution in [-0.2, 0) is 10.0 Å². The average molecular weight is 296 g/mol. The average Bonchev–Trinajstić information content (AvgIpc) is 2.82. The molecule has 1 N–H and O–H groups in total. The van der Waals surface area contributed by atoms with E-state index in [2.05, 4.69) is 20.7 Å². The zero-order valence-corrected chi connectivity index (χ0v) is 11.2. The summed E-state index contributed by atoms with van der Waals surface area (Å²) in [7, 11) is -3.02. The maximum absolute atomic E-state index is 11.8. The zero-order chi connectivity index (χ0) is 10.9. The number of hydrogen-bond acceptors (Lipinski definition) is 2. The molecule has 0 aliphatic heterocycles. The summed E-state index contributed by atoms with van der Waals surface area (Å²) in [6, 6.07) is 0.174. The van der Waals surface area contributed by atoms with Gasteiger partial charge in [0.1, 0.15) is 0 Å². The largest absolute Gasteiger partial charge is 0.212 e. The van der Waals surface area contributed by atoms with E-state index in [1.807, 2.05) is 0 Å². The van der Waals surface area contributed by atoms with Crippen LogP contribution in [0, 0.1) is 11.8 Å². The van der Waals surface area contributed by atoms with Gasteiger partial charge in [-0.15, -0.1) is 0 Å². The Kier molecular flexibility index (Phi) is 3.73. The Bertz CT molecular complexity index is 313. The Morgan fingerprint density at radius 1 is 1.20 bits per heavy atom. The predicted octanol–water partition coefficient (Wildman–Crippen LogP) is 1.88. The summed E-state index contributed by atoms with van der Waals surface area (Å²) in [5, 5.41) is 0.906. The van der Waals surface area contributed by atoms with E-state index in [1.54, 1.807) is 0 Å². The van der Waals surface area contributed by atoms with Gasteiger partial charge in [0.05, 0.1) is 5.75 Å². The van der Waals surface area contributed by atoms with Crippen molar-refractivity contribution in [3.63, 3.8) is 0 Å². The lowest BCUT2D eigenvalue weighted by atomic mass is 10.1. The number of nitrogens with one attached hydrogen (secondary N) is 1. The molecule has 0 saturated heterocycles. The molecule has 0 amide bonds. The third-order valence-corrected chi connectivity index (χ3v) is 5.74. The minimum Gasteiger partial charge on any atom is -0.212 e. The molecule has 0 radical (unpaired) electrons. The van der Waals surface area contributed by atoms with Gasteiger partial charge in [0, 0.05) is 11.4 Å². The van der Waals surface area contributed by atoms with E-state index in [4.69, 9.17) is 0 Å². The Morgan fingerprint density at radius 2 is 1.93 bits per heavy atom. The van der Waals surface area contributed by atoms with Crippen LogP contribution in [-0.4, -0.2) is 25.5 Å². The molecule has 15 heavy (non-hydrogen) atoms. The van der Waals surface area contributed by atoms with Crippen molar-refractivity contribution in [1.29, 1.82) is 0 Å². The van der Waals surface area contributed by atoms with Gasteiger partial charge in [0.2, 0.25) is 10.0 Å². The van der Waals surface area contributed by atoms with Crippen LogP contribution in [0.1, 0.15) is 32.1 Å². The molecular formula is C10H18BrNO2S.